The molecule has 6 nitrogen and oxygen atoms in total. The zero-order chi connectivity index (χ0) is 18.3. The van der Waals surface area contributed by atoms with E-state index in [9.17, 15) is 15.0 Å². The van der Waals surface area contributed by atoms with Gasteiger partial charge in [0, 0.05) is 23.0 Å². The van der Waals surface area contributed by atoms with E-state index in [0.29, 0.717) is 13.0 Å². The quantitative estimate of drug-likeness (QED) is 0.429. The number of ether oxygens (including phenoxy) is 1. The van der Waals surface area contributed by atoms with E-state index >= 15 is 0 Å². The highest BCUT2D eigenvalue weighted by molar-refractivity contribution is 5.87. The Balaban J connectivity index is 1.84. The smallest absolute Gasteiger partial charge is 0.323 e. The predicted octanol–water partition coefficient (Wildman–Crippen LogP) is 2.75. The number of H-pyrrole nitrogens is 1. The van der Waals surface area contributed by atoms with Crippen molar-refractivity contribution >= 4 is 16.9 Å². The fraction of sp³-hybridized carbons (Fsp3) is 0.250. The number of aromatic hydroxyl groups is 2. The van der Waals surface area contributed by atoms with Crippen LogP contribution in [0.15, 0.2) is 42.5 Å². The molecule has 0 unspecified atom stereocenters. The fourth-order valence-corrected chi connectivity index (χ4v) is 3.61. The van der Waals surface area contributed by atoms with Gasteiger partial charge in [-0.2, -0.15) is 0 Å². The molecule has 26 heavy (non-hydrogen) atoms. The molecule has 0 saturated carbocycles. The zero-order valence-corrected chi connectivity index (χ0v) is 14.3. The molecule has 1 aromatic heterocycles. The van der Waals surface area contributed by atoms with Gasteiger partial charge in [0.15, 0.2) is 11.5 Å². The van der Waals surface area contributed by atoms with Crippen LogP contribution in [0.5, 0.6) is 11.5 Å². The van der Waals surface area contributed by atoms with Crippen molar-refractivity contribution in [3.63, 3.8) is 0 Å². The molecule has 0 bridgehead atoms. The normalized spacial score (nSPS) is 19.3. The summed E-state index contributed by atoms with van der Waals surface area (Å²) in [5.74, 6) is -0.667. The van der Waals surface area contributed by atoms with Crippen molar-refractivity contribution in [1.29, 1.82) is 0 Å². The summed E-state index contributed by atoms with van der Waals surface area (Å²) >= 11 is 0. The summed E-state index contributed by atoms with van der Waals surface area (Å²) in [6, 6.07) is 11.8. The summed E-state index contributed by atoms with van der Waals surface area (Å²) in [7, 11) is 0. The number of fused-ring (bicyclic) bond motifs is 3. The van der Waals surface area contributed by atoms with E-state index in [2.05, 4.69) is 10.3 Å². The monoisotopic (exact) mass is 352 g/mol. The first kappa shape index (κ1) is 16.5. The Labute approximate surface area is 150 Å². The van der Waals surface area contributed by atoms with E-state index in [4.69, 9.17) is 4.74 Å². The lowest BCUT2D eigenvalue weighted by Gasteiger charge is -2.30. The van der Waals surface area contributed by atoms with E-state index in [1.54, 1.807) is 13.0 Å². The molecule has 3 aromatic rings. The minimum atomic E-state index is -0.484. The summed E-state index contributed by atoms with van der Waals surface area (Å²) in [6.07, 6.45) is 0.527. The Kier molecular flexibility index (Phi) is 4.05. The maximum atomic E-state index is 12.4. The van der Waals surface area contributed by atoms with Crippen molar-refractivity contribution in [2.24, 2.45) is 0 Å². The Morgan fingerprint density at radius 1 is 1.19 bits per heavy atom. The van der Waals surface area contributed by atoms with Crippen LogP contribution in [0.1, 0.15) is 29.8 Å². The van der Waals surface area contributed by atoms with Crippen molar-refractivity contribution in [3.8, 4) is 11.5 Å². The van der Waals surface area contributed by atoms with Gasteiger partial charge in [-0.15, -0.1) is 0 Å². The van der Waals surface area contributed by atoms with Gasteiger partial charge < -0.3 is 19.9 Å². The molecule has 0 fully saturated rings. The van der Waals surface area contributed by atoms with Crippen LogP contribution in [0.2, 0.25) is 0 Å². The number of nitrogens with one attached hydrogen (secondary N) is 2. The molecule has 2 atom stereocenters. The molecule has 6 heteroatoms. The number of esters is 1. The van der Waals surface area contributed by atoms with Crippen LogP contribution in [-0.2, 0) is 16.0 Å². The van der Waals surface area contributed by atoms with Crippen molar-refractivity contribution in [1.82, 2.24) is 10.3 Å². The number of aromatic nitrogens is 1. The number of hydrogen-bond donors (Lipinski definition) is 4. The molecular formula is C20H20N2O4. The maximum absolute atomic E-state index is 12.4. The Morgan fingerprint density at radius 3 is 2.77 bits per heavy atom. The van der Waals surface area contributed by atoms with E-state index in [-0.39, 0.29) is 23.5 Å². The SMILES string of the molecule is CCOC(=O)[C@@H]1Cc2c([nH]c3ccccc23)[C@H](c2ccc(O)c(O)c2)N1. The van der Waals surface area contributed by atoms with E-state index in [0.717, 1.165) is 27.7 Å². The third-order valence-corrected chi connectivity index (χ3v) is 4.82. The van der Waals surface area contributed by atoms with Crippen molar-refractivity contribution in [3.05, 3.63) is 59.3 Å². The van der Waals surface area contributed by atoms with Crippen LogP contribution in [0.3, 0.4) is 0 Å². The molecular weight excluding hydrogens is 332 g/mol. The van der Waals surface area contributed by atoms with Crippen molar-refractivity contribution in [2.45, 2.75) is 25.4 Å². The van der Waals surface area contributed by atoms with Crippen LogP contribution < -0.4 is 5.32 Å². The van der Waals surface area contributed by atoms with Crippen LogP contribution in [0, 0.1) is 0 Å². The van der Waals surface area contributed by atoms with Gasteiger partial charge in [0.1, 0.15) is 6.04 Å². The topological polar surface area (TPSA) is 94.6 Å². The number of benzene rings is 2. The number of carbonyl (C=O) groups excluding carboxylic acids is 1. The lowest BCUT2D eigenvalue weighted by Crippen LogP contribution is -2.45. The van der Waals surface area contributed by atoms with Crippen molar-refractivity contribution in [2.75, 3.05) is 6.61 Å². The molecule has 4 rings (SSSR count). The van der Waals surface area contributed by atoms with Gasteiger partial charge in [-0.05, 0) is 36.2 Å². The molecule has 1 aliphatic heterocycles. The van der Waals surface area contributed by atoms with Crippen LogP contribution in [0.4, 0.5) is 0 Å². The highest BCUT2D eigenvalue weighted by Gasteiger charge is 2.34. The summed E-state index contributed by atoms with van der Waals surface area (Å²) in [4.78, 5) is 15.8. The third kappa shape index (κ3) is 2.68. The van der Waals surface area contributed by atoms with Gasteiger partial charge in [0.05, 0.1) is 12.6 Å². The molecule has 4 N–H and O–H groups in total. The highest BCUT2D eigenvalue weighted by Crippen LogP contribution is 2.37. The number of phenolic OH excluding ortho intramolecular Hbond substituents is 2. The number of rotatable bonds is 3. The van der Waals surface area contributed by atoms with Gasteiger partial charge in [0.25, 0.3) is 0 Å². The first-order chi connectivity index (χ1) is 12.6. The van der Waals surface area contributed by atoms with E-state index < -0.39 is 6.04 Å². The highest BCUT2D eigenvalue weighted by atomic mass is 16.5. The lowest BCUT2D eigenvalue weighted by molar-refractivity contribution is -0.146. The van der Waals surface area contributed by atoms with E-state index in [1.165, 1.54) is 12.1 Å². The molecule has 2 aromatic carbocycles. The van der Waals surface area contributed by atoms with Crippen LogP contribution in [0.25, 0.3) is 10.9 Å². The second kappa shape index (κ2) is 6.38. The second-order valence-electron chi connectivity index (χ2n) is 6.42. The fourth-order valence-electron chi connectivity index (χ4n) is 3.61. The van der Waals surface area contributed by atoms with Crippen LogP contribution >= 0.6 is 0 Å². The molecule has 0 aliphatic carbocycles. The molecule has 0 amide bonds. The summed E-state index contributed by atoms with van der Waals surface area (Å²) in [5.41, 5.74) is 3.77. The van der Waals surface area contributed by atoms with E-state index in [1.807, 2.05) is 24.3 Å². The van der Waals surface area contributed by atoms with Gasteiger partial charge in [-0.3, -0.25) is 10.1 Å². The number of hydrogen-bond acceptors (Lipinski definition) is 5. The minimum Gasteiger partial charge on any atom is -0.504 e. The Hall–Kier alpha value is -2.99. The summed E-state index contributed by atoms with van der Waals surface area (Å²) < 4.78 is 5.21. The standard InChI is InChI=1S/C20H20N2O4/c1-2-26-20(25)15-10-13-12-5-3-4-6-14(12)21-19(13)18(22-15)11-7-8-16(23)17(24)9-11/h3-9,15,18,21-24H,2,10H2,1H3/t15-,18-/m0/s1. The molecule has 0 saturated heterocycles. The molecule has 134 valence electrons. The molecule has 2 heterocycles. The van der Waals surface area contributed by atoms with Gasteiger partial charge in [-0.25, -0.2) is 0 Å². The molecule has 0 radical (unpaired) electrons. The number of carbonyl (C=O) groups is 1. The van der Waals surface area contributed by atoms with Gasteiger partial charge >= 0.3 is 5.97 Å². The first-order valence-electron chi connectivity index (χ1n) is 8.62. The summed E-state index contributed by atoms with van der Waals surface area (Å²) in [6.45, 7) is 2.11. The molecule has 1 aliphatic rings. The number of phenols is 2. The summed E-state index contributed by atoms with van der Waals surface area (Å²) in [5, 5.41) is 23.9. The Bertz CT molecular complexity index is 979. The predicted molar refractivity (Wildman–Crippen MR) is 97.2 cm³/mol. The number of para-hydroxylation sites is 1. The third-order valence-electron chi connectivity index (χ3n) is 4.82. The maximum Gasteiger partial charge on any atom is 0.323 e. The van der Waals surface area contributed by atoms with Crippen molar-refractivity contribution < 1.29 is 19.7 Å². The lowest BCUT2D eigenvalue weighted by atomic mass is 9.90. The van der Waals surface area contributed by atoms with Gasteiger partial charge in [-0.1, -0.05) is 24.3 Å². The minimum absolute atomic E-state index is 0.177. The average Bonchev–Trinajstić information content (AvgIpc) is 3.02. The molecule has 0 spiro atoms. The van der Waals surface area contributed by atoms with Gasteiger partial charge in [0.2, 0.25) is 0 Å². The Morgan fingerprint density at radius 2 is 2.00 bits per heavy atom. The first-order valence-corrected chi connectivity index (χ1v) is 8.62. The number of aromatic amines is 1. The second-order valence-corrected chi connectivity index (χ2v) is 6.42. The average molecular weight is 352 g/mol. The largest absolute Gasteiger partial charge is 0.504 e. The van der Waals surface area contributed by atoms with Crippen LogP contribution in [-0.4, -0.2) is 33.8 Å². The zero-order valence-electron chi connectivity index (χ0n) is 14.3.